The van der Waals surface area contributed by atoms with E-state index < -0.39 is 24.5 Å². The lowest BCUT2D eigenvalue weighted by Gasteiger charge is -2.35. The highest BCUT2D eigenvalue weighted by atomic mass is 32.2. The summed E-state index contributed by atoms with van der Waals surface area (Å²) in [5.74, 6) is 0.193. The number of aliphatic imine (C=N–C) groups is 1. The van der Waals surface area contributed by atoms with Crippen molar-refractivity contribution in [2.45, 2.75) is 50.2 Å². The zero-order valence-corrected chi connectivity index (χ0v) is 15.8. The van der Waals surface area contributed by atoms with Gasteiger partial charge in [-0.25, -0.2) is 9.38 Å². The van der Waals surface area contributed by atoms with E-state index in [1.807, 2.05) is 13.8 Å². The molecule has 0 fully saturated rings. The largest absolute Gasteiger partial charge is 0.391 e. The Hall–Kier alpha value is -1.48. The first kappa shape index (κ1) is 20.8. The number of hydrogen-bond acceptors (Lipinski definition) is 5. The van der Waals surface area contributed by atoms with E-state index >= 15 is 0 Å². The standard InChI is InChI=1S/C17H23F4N3OS/c1-4-6-24(12(10-25-3)9-17(19,20)21)13-7-11(18)8-14-16(13)22-15(5-2)23-26-14/h7-8,12H,4-6,9-10H2,1-3H3,(H,22,23). The molecular weight excluding hydrogens is 370 g/mol. The number of rotatable bonds is 8. The molecule has 1 heterocycles. The van der Waals surface area contributed by atoms with Crippen LogP contribution in [0.15, 0.2) is 22.0 Å². The highest BCUT2D eigenvalue weighted by Gasteiger charge is 2.36. The first-order valence-electron chi connectivity index (χ1n) is 8.45. The van der Waals surface area contributed by atoms with Gasteiger partial charge in [0, 0.05) is 20.1 Å². The fourth-order valence-corrected chi connectivity index (χ4v) is 3.69. The Kier molecular flexibility index (Phi) is 7.16. The molecule has 1 atom stereocenters. The fraction of sp³-hybridized carbons (Fsp3) is 0.588. The van der Waals surface area contributed by atoms with Gasteiger partial charge in [-0.15, -0.1) is 0 Å². The highest BCUT2D eigenvalue weighted by Crippen LogP contribution is 2.42. The molecule has 146 valence electrons. The van der Waals surface area contributed by atoms with Gasteiger partial charge in [0.1, 0.15) is 17.3 Å². The van der Waals surface area contributed by atoms with Gasteiger partial charge in [-0.05, 0) is 30.5 Å². The summed E-state index contributed by atoms with van der Waals surface area (Å²) in [7, 11) is 1.36. The van der Waals surface area contributed by atoms with Gasteiger partial charge < -0.3 is 14.4 Å². The van der Waals surface area contributed by atoms with Crippen LogP contribution >= 0.6 is 11.9 Å². The van der Waals surface area contributed by atoms with E-state index in [2.05, 4.69) is 9.71 Å². The van der Waals surface area contributed by atoms with E-state index in [0.29, 0.717) is 41.5 Å². The molecule has 26 heavy (non-hydrogen) atoms. The maximum Gasteiger partial charge on any atom is 0.391 e. The first-order chi connectivity index (χ1) is 12.3. The van der Waals surface area contributed by atoms with Gasteiger partial charge in [0.2, 0.25) is 0 Å². The summed E-state index contributed by atoms with van der Waals surface area (Å²) in [6.45, 7) is 4.02. The highest BCUT2D eigenvalue weighted by molar-refractivity contribution is 7.98. The third kappa shape index (κ3) is 5.26. The number of nitrogens with zero attached hydrogens (tertiary/aromatic N) is 2. The normalized spacial score (nSPS) is 15.1. The molecule has 2 rings (SSSR count). The lowest BCUT2D eigenvalue weighted by Crippen LogP contribution is -2.42. The van der Waals surface area contributed by atoms with Crippen molar-refractivity contribution in [2.75, 3.05) is 25.2 Å². The summed E-state index contributed by atoms with van der Waals surface area (Å²) >= 11 is 1.22. The Bertz CT molecular complexity index is 652. The number of alkyl halides is 3. The number of hydrogen-bond donors (Lipinski definition) is 1. The van der Waals surface area contributed by atoms with Gasteiger partial charge in [0.05, 0.1) is 29.7 Å². The van der Waals surface area contributed by atoms with Crippen LogP contribution < -0.4 is 9.62 Å². The van der Waals surface area contributed by atoms with Crippen LogP contribution in [0.1, 0.15) is 33.1 Å². The van der Waals surface area contributed by atoms with E-state index in [4.69, 9.17) is 4.74 Å². The Labute approximate surface area is 155 Å². The van der Waals surface area contributed by atoms with Gasteiger partial charge in [-0.2, -0.15) is 13.2 Å². The second kappa shape index (κ2) is 8.94. The molecule has 1 aliphatic rings. The molecule has 0 aromatic heterocycles. The van der Waals surface area contributed by atoms with Gasteiger partial charge in [0.25, 0.3) is 0 Å². The van der Waals surface area contributed by atoms with Crippen molar-refractivity contribution in [1.29, 1.82) is 0 Å². The van der Waals surface area contributed by atoms with E-state index in [0.717, 1.165) is 0 Å². The number of halogens is 4. The first-order valence-corrected chi connectivity index (χ1v) is 9.27. The number of anilines is 1. The summed E-state index contributed by atoms with van der Waals surface area (Å²) in [4.78, 5) is 6.63. The van der Waals surface area contributed by atoms with Crippen molar-refractivity contribution < 1.29 is 22.3 Å². The zero-order chi connectivity index (χ0) is 19.3. The van der Waals surface area contributed by atoms with E-state index in [1.54, 1.807) is 4.90 Å². The number of benzene rings is 1. The van der Waals surface area contributed by atoms with Crippen LogP contribution in [0.5, 0.6) is 0 Å². The smallest absolute Gasteiger partial charge is 0.383 e. The Balaban J connectivity index is 2.52. The monoisotopic (exact) mass is 393 g/mol. The molecule has 0 radical (unpaired) electrons. The summed E-state index contributed by atoms with van der Waals surface area (Å²) < 4.78 is 61.4. The van der Waals surface area contributed by atoms with Gasteiger partial charge in [0.15, 0.2) is 0 Å². The second-order valence-electron chi connectivity index (χ2n) is 6.01. The van der Waals surface area contributed by atoms with Gasteiger partial charge in [-0.3, -0.25) is 0 Å². The van der Waals surface area contributed by atoms with Crippen LogP contribution in [0.3, 0.4) is 0 Å². The topological polar surface area (TPSA) is 36.9 Å². The van der Waals surface area contributed by atoms with Crippen LogP contribution in [0.4, 0.5) is 28.9 Å². The molecule has 0 bridgehead atoms. The molecule has 1 unspecified atom stereocenters. The summed E-state index contributed by atoms with van der Waals surface area (Å²) in [5, 5.41) is 0. The van der Waals surface area contributed by atoms with Gasteiger partial charge >= 0.3 is 6.18 Å². The average Bonchev–Trinajstić information content (AvgIpc) is 2.57. The molecule has 1 aromatic carbocycles. The lowest BCUT2D eigenvalue weighted by molar-refractivity contribution is -0.141. The van der Waals surface area contributed by atoms with Crippen molar-refractivity contribution >= 4 is 29.2 Å². The van der Waals surface area contributed by atoms with E-state index in [-0.39, 0.29) is 6.61 Å². The molecule has 1 N–H and O–H groups in total. The quantitative estimate of drug-likeness (QED) is 0.495. The van der Waals surface area contributed by atoms with Crippen molar-refractivity contribution in [3.63, 3.8) is 0 Å². The molecule has 9 heteroatoms. The van der Waals surface area contributed by atoms with Crippen LogP contribution in [-0.4, -0.2) is 38.3 Å². The SMILES string of the molecule is CCCN(c1cc(F)cc2c1N=C(CC)NS2)C(COC)CC(F)(F)F. The van der Waals surface area contributed by atoms with Crippen molar-refractivity contribution in [2.24, 2.45) is 4.99 Å². The summed E-state index contributed by atoms with van der Waals surface area (Å²) in [6.07, 6.45) is -4.14. The van der Waals surface area contributed by atoms with Gasteiger partial charge in [-0.1, -0.05) is 13.8 Å². The molecule has 0 saturated carbocycles. The van der Waals surface area contributed by atoms with Crippen LogP contribution in [0, 0.1) is 5.82 Å². The molecule has 1 aliphatic heterocycles. The van der Waals surface area contributed by atoms with Crippen LogP contribution in [0.2, 0.25) is 0 Å². The second-order valence-corrected chi connectivity index (χ2v) is 6.86. The van der Waals surface area contributed by atoms with Crippen molar-refractivity contribution in [1.82, 2.24) is 4.72 Å². The predicted octanol–water partition coefficient (Wildman–Crippen LogP) is 5.06. The van der Waals surface area contributed by atoms with Crippen molar-refractivity contribution in [3.8, 4) is 0 Å². The molecule has 1 aromatic rings. The number of ether oxygens (including phenoxy) is 1. The predicted molar refractivity (Wildman–Crippen MR) is 96.8 cm³/mol. The Morgan fingerprint density at radius 3 is 2.62 bits per heavy atom. The average molecular weight is 393 g/mol. The lowest BCUT2D eigenvalue weighted by atomic mass is 10.1. The maximum absolute atomic E-state index is 14.2. The maximum atomic E-state index is 14.2. The van der Waals surface area contributed by atoms with Crippen molar-refractivity contribution in [3.05, 3.63) is 17.9 Å². The third-order valence-electron chi connectivity index (χ3n) is 3.92. The fourth-order valence-electron chi connectivity index (χ4n) is 2.85. The summed E-state index contributed by atoms with van der Waals surface area (Å²) in [5.41, 5.74) is 0.872. The summed E-state index contributed by atoms with van der Waals surface area (Å²) in [6, 6.07) is 1.65. The molecular formula is C17H23F4N3OS. The zero-order valence-electron chi connectivity index (χ0n) is 15.0. The van der Waals surface area contributed by atoms with E-state index in [1.165, 1.54) is 31.2 Å². The minimum atomic E-state index is -4.35. The number of methoxy groups -OCH3 is 1. The third-order valence-corrected chi connectivity index (χ3v) is 4.79. The number of amidine groups is 1. The van der Waals surface area contributed by atoms with Crippen LogP contribution in [0.25, 0.3) is 0 Å². The Morgan fingerprint density at radius 1 is 1.31 bits per heavy atom. The van der Waals surface area contributed by atoms with E-state index in [9.17, 15) is 17.6 Å². The molecule has 0 spiro atoms. The molecule has 0 saturated heterocycles. The number of fused-ring (bicyclic) bond motifs is 1. The minimum absolute atomic E-state index is 0.111. The number of nitrogens with one attached hydrogen (secondary N) is 1. The minimum Gasteiger partial charge on any atom is -0.383 e. The molecule has 4 nitrogen and oxygen atoms in total. The van der Waals surface area contributed by atoms with Crippen LogP contribution in [-0.2, 0) is 4.74 Å². The molecule has 0 aliphatic carbocycles. The Morgan fingerprint density at radius 2 is 2.04 bits per heavy atom. The molecule has 0 amide bonds.